The Morgan fingerprint density at radius 1 is 0.957 bits per heavy atom. The first kappa shape index (κ1) is 16.9. The molecule has 0 fully saturated rings. The Bertz CT molecular complexity index is 599. The van der Waals surface area contributed by atoms with E-state index >= 15 is 0 Å². The normalized spacial score (nSPS) is 10.1. The summed E-state index contributed by atoms with van der Waals surface area (Å²) in [7, 11) is 0. The number of amides is 1. The molecule has 0 aliphatic heterocycles. The average molecular weight is 313 g/mol. The van der Waals surface area contributed by atoms with Crippen LogP contribution < -0.4 is 14.8 Å². The molecule has 0 aliphatic rings. The molecule has 0 unspecified atom stereocenters. The number of rotatable bonds is 9. The maximum Gasteiger partial charge on any atom is 0.220 e. The van der Waals surface area contributed by atoms with Gasteiger partial charge in [0.1, 0.15) is 0 Å². The first-order valence-electron chi connectivity index (χ1n) is 7.95. The van der Waals surface area contributed by atoms with E-state index in [0.29, 0.717) is 32.6 Å². The fourth-order valence-electron chi connectivity index (χ4n) is 2.14. The van der Waals surface area contributed by atoms with Crippen molar-refractivity contribution in [2.24, 2.45) is 0 Å². The van der Waals surface area contributed by atoms with Crippen LogP contribution in [0.4, 0.5) is 0 Å². The number of hydrogen-bond donors (Lipinski definition) is 1. The molecule has 0 saturated heterocycles. The molecule has 1 amide bonds. The van der Waals surface area contributed by atoms with Crippen LogP contribution in [0.25, 0.3) is 0 Å². The lowest BCUT2D eigenvalue weighted by molar-refractivity contribution is -0.121. The predicted molar refractivity (Wildman–Crippen MR) is 90.6 cm³/mol. The number of ether oxygens (including phenoxy) is 2. The van der Waals surface area contributed by atoms with Gasteiger partial charge in [0, 0.05) is 13.0 Å². The van der Waals surface area contributed by atoms with E-state index in [2.05, 4.69) is 5.32 Å². The zero-order valence-electron chi connectivity index (χ0n) is 13.5. The molecule has 0 heterocycles. The molecule has 2 aromatic rings. The van der Waals surface area contributed by atoms with E-state index < -0.39 is 0 Å². The van der Waals surface area contributed by atoms with E-state index in [0.717, 1.165) is 17.1 Å². The van der Waals surface area contributed by atoms with Crippen molar-refractivity contribution in [3.63, 3.8) is 0 Å². The Kier molecular flexibility index (Phi) is 6.98. The van der Waals surface area contributed by atoms with Crippen LogP contribution in [0.1, 0.15) is 25.3 Å². The Labute approximate surface area is 137 Å². The van der Waals surface area contributed by atoms with E-state index in [1.807, 2.05) is 61.5 Å². The molecule has 1 N–H and O–H groups in total. The third-order valence-corrected chi connectivity index (χ3v) is 3.29. The largest absolute Gasteiger partial charge is 0.490 e. The SMILES string of the molecule is CCOc1ccccc1OCCCC(=O)NCc1ccccc1. The van der Waals surface area contributed by atoms with Gasteiger partial charge in [-0.25, -0.2) is 0 Å². The monoisotopic (exact) mass is 313 g/mol. The van der Waals surface area contributed by atoms with Crippen molar-refractivity contribution in [3.8, 4) is 11.5 Å². The Morgan fingerprint density at radius 3 is 2.30 bits per heavy atom. The molecular weight excluding hydrogens is 290 g/mol. The van der Waals surface area contributed by atoms with Crippen LogP contribution in [0, 0.1) is 0 Å². The maximum absolute atomic E-state index is 11.8. The first-order chi connectivity index (χ1) is 11.3. The second-order valence-electron chi connectivity index (χ2n) is 5.09. The van der Waals surface area contributed by atoms with Crippen molar-refractivity contribution in [2.75, 3.05) is 13.2 Å². The van der Waals surface area contributed by atoms with Gasteiger partial charge in [0.05, 0.1) is 13.2 Å². The summed E-state index contributed by atoms with van der Waals surface area (Å²) in [6.45, 7) is 3.59. The summed E-state index contributed by atoms with van der Waals surface area (Å²) in [4.78, 5) is 11.8. The molecule has 122 valence electrons. The summed E-state index contributed by atoms with van der Waals surface area (Å²) >= 11 is 0. The highest BCUT2D eigenvalue weighted by Crippen LogP contribution is 2.26. The Morgan fingerprint density at radius 2 is 1.61 bits per heavy atom. The molecule has 0 bridgehead atoms. The lowest BCUT2D eigenvalue weighted by Gasteiger charge is -2.11. The lowest BCUT2D eigenvalue weighted by atomic mass is 10.2. The Balaban J connectivity index is 1.66. The zero-order chi connectivity index (χ0) is 16.3. The lowest BCUT2D eigenvalue weighted by Crippen LogP contribution is -2.22. The number of carbonyl (C=O) groups is 1. The molecule has 2 rings (SSSR count). The topological polar surface area (TPSA) is 47.6 Å². The minimum atomic E-state index is 0.0375. The summed E-state index contributed by atoms with van der Waals surface area (Å²) in [5.74, 6) is 1.50. The van der Waals surface area contributed by atoms with Gasteiger partial charge in [-0.2, -0.15) is 0 Å². The number of para-hydroxylation sites is 2. The summed E-state index contributed by atoms with van der Waals surface area (Å²) in [6, 6.07) is 17.5. The van der Waals surface area contributed by atoms with Gasteiger partial charge < -0.3 is 14.8 Å². The van der Waals surface area contributed by atoms with E-state index in [4.69, 9.17) is 9.47 Å². The second-order valence-corrected chi connectivity index (χ2v) is 5.09. The van der Waals surface area contributed by atoms with Crippen LogP contribution in [-0.2, 0) is 11.3 Å². The van der Waals surface area contributed by atoms with Crippen LogP contribution in [0.5, 0.6) is 11.5 Å². The standard InChI is InChI=1S/C19H23NO3/c1-2-22-17-11-6-7-12-18(17)23-14-8-13-19(21)20-15-16-9-4-3-5-10-16/h3-7,9-12H,2,8,13-15H2,1H3,(H,20,21). The van der Waals surface area contributed by atoms with Crippen molar-refractivity contribution < 1.29 is 14.3 Å². The van der Waals surface area contributed by atoms with Gasteiger partial charge in [0.15, 0.2) is 11.5 Å². The van der Waals surface area contributed by atoms with E-state index in [-0.39, 0.29) is 5.91 Å². The zero-order valence-corrected chi connectivity index (χ0v) is 13.5. The molecule has 0 aliphatic carbocycles. The number of nitrogens with one attached hydrogen (secondary N) is 1. The molecule has 4 nitrogen and oxygen atoms in total. The number of hydrogen-bond acceptors (Lipinski definition) is 3. The molecule has 0 radical (unpaired) electrons. The molecule has 0 saturated carbocycles. The number of carbonyl (C=O) groups excluding carboxylic acids is 1. The van der Waals surface area contributed by atoms with Crippen molar-refractivity contribution >= 4 is 5.91 Å². The molecule has 2 aromatic carbocycles. The van der Waals surface area contributed by atoms with Gasteiger partial charge in [-0.15, -0.1) is 0 Å². The fraction of sp³-hybridized carbons (Fsp3) is 0.316. The number of benzene rings is 2. The molecule has 23 heavy (non-hydrogen) atoms. The van der Waals surface area contributed by atoms with Crippen molar-refractivity contribution in [2.45, 2.75) is 26.3 Å². The van der Waals surface area contributed by atoms with E-state index in [1.165, 1.54) is 0 Å². The third kappa shape index (κ3) is 6.02. The fourth-order valence-corrected chi connectivity index (χ4v) is 2.14. The Hall–Kier alpha value is -2.49. The van der Waals surface area contributed by atoms with Crippen LogP contribution >= 0.6 is 0 Å². The van der Waals surface area contributed by atoms with Gasteiger partial charge >= 0.3 is 0 Å². The molecule has 0 spiro atoms. The van der Waals surface area contributed by atoms with Crippen LogP contribution in [0.2, 0.25) is 0 Å². The van der Waals surface area contributed by atoms with Gasteiger partial charge in [-0.1, -0.05) is 42.5 Å². The minimum absolute atomic E-state index is 0.0375. The highest BCUT2D eigenvalue weighted by molar-refractivity contribution is 5.75. The minimum Gasteiger partial charge on any atom is -0.490 e. The van der Waals surface area contributed by atoms with Crippen LogP contribution in [0.3, 0.4) is 0 Å². The first-order valence-corrected chi connectivity index (χ1v) is 7.95. The summed E-state index contributed by atoms with van der Waals surface area (Å²) in [5, 5.41) is 2.91. The average Bonchev–Trinajstić information content (AvgIpc) is 2.59. The quantitative estimate of drug-likeness (QED) is 0.720. The molecular formula is C19H23NO3. The molecule has 0 aromatic heterocycles. The van der Waals surface area contributed by atoms with Crippen molar-refractivity contribution in [3.05, 3.63) is 60.2 Å². The molecule has 4 heteroatoms. The van der Waals surface area contributed by atoms with E-state index in [9.17, 15) is 4.79 Å². The van der Waals surface area contributed by atoms with Crippen molar-refractivity contribution in [1.82, 2.24) is 5.32 Å². The van der Waals surface area contributed by atoms with Crippen LogP contribution in [0.15, 0.2) is 54.6 Å². The second kappa shape index (κ2) is 9.51. The smallest absolute Gasteiger partial charge is 0.220 e. The summed E-state index contributed by atoms with van der Waals surface area (Å²) in [5.41, 5.74) is 1.10. The van der Waals surface area contributed by atoms with Crippen molar-refractivity contribution in [1.29, 1.82) is 0 Å². The highest BCUT2D eigenvalue weighted by Gasteiger charge is 2.05. The highest BCUT2D eigenvalue weighted by atomic mass is 16.5. The summed E-state index contributed by atoms with van der Waals surface area (Å²) < 4.78 is 11.2. The van der Waals surface area contributed by atoms with Gasteiger partial charge in [-0.3, -0.25) is 4.79 Å². The molecule has 0 atom stereocenters. The van der Waals surface area contributed by atoms with Gasteiger partial charge in [0.25, 0.3) is 0 Å². The third-order valence-electron chi connectivity index (χ3n) is 3.29. The van der Waals surface area contributed by atoms with E-state index in [1.54, 1.807) is 0 Å². The maximum atomic E-state index is 11.8. The summed E-state index contributed by atoms with van der Waals surface area (Å²) in [6.07, 6.45) is 1.12. The van der Waals surface area contributed by atoms with Gasteiger partial charge in [-0.05, 0) is 31.0 Å². The predicted octanol–water partition coefficient (Wildman–Crippen LogP) is 3.56. The van der Waals surface area contributed by atoms with Crippen LogP contribution in [-0.4, -0.2) is 19.1 Å². The van der Waals surface area contributed by atoms with Gasteiger partial charge in [0.2, 0.25) is 5.91 Å².